The molecule has 0 spiro atoms. The van der Waals surface area contributed by atoms with Gasteiger partial charge in [0.1, 0.15) is 24.0 Å². The Balaban J connectivity index is 1.68. The van der Waals surface area contributed by atoms with Gasteiger partial charge in [0, 0.05) is 5.56 Å². The zero-order chi connectivity index (χ0) is 20.1. The van der Waals surface area contributed by atoms with Crippen molar-refractivity contribution in [3.8, 4) is 11.8 Å². The molecule has 3 rings (SSSR count). The summed E-state index contributed by atoms with van der Waals surface area (Å²) in [6.07, 6.45) is 1.97. The van der Waals surface area contributed by atoms with Crippen molar-refractivity contribution in [3.05, 3.63) is 35.4 Å². The van der Waals surface area contributed by atoms with Gasteiger partial charge < -0.3 is 20.3 Å². The lowest BCUT2D eigenvalue weighted by atomic mass is 10.2. The average Bonchev–Trinajstić information content (AvgIpc) is 2.99. The summed E-state index contributed by atoms with van der Waals surface area (Å²) in [6.45, 7) is 2.94. The molecule has 0 saturated heterocycles. The number of ether oxygens (including phenoxy) is 2. The summed E-state index contributed by atoms with van der Waals surface area (Å²) < 4.78 is 11.1. The molecular formula is C19H22N4O5. The molecule has 0 fully saturated rings. The molecule has 2 aromatic rings. The van der Waals surface area contributed by atoms with Crippen LogP contribution in [0.2, 0.25) is 0 Å². The molecule has 1 aromatic heterocycles. The highest BCUT2D eigenvalue weighted by molar-refractivity contribution is 6.01. The molecule has 0 bridgehead atoms. The van der Waals surface area contributed by atoms with Crippen LogP contribution in [-0.2, 0) is 11.2 Å². The Morgan fingerprint density at radius 2 is 2.11 bits per heavy atom. The van der Waals surface area contributed by atoms with Gasteiger partial charge in [-0.15, -0.1) is 0 Å². The van der Waals surface area contributed by atoms with E-state index < -0.39 is 5.97 Å². The molecule has 1 amide bonds. The smallest absolute Gasteiger partial charge is 0.335 e. The van der Waals surface area contributed by atoms with Crippen molar-refractivity contribution in [2.75, 3.05) is 30.4 Å². The number of carboxylic acid groups (broad SMARTS) is 1. The fourth-order valence-electron chi connectivity index (χ4n) is 2.80. The third-order valence-electron chi connectivity index (χ3n) is 4.28. The number of rotatable bonds is 9. The number of carbonyl (C=O) groups excluding carboxylic acids is 1. The number of aromatic nitrogens is 2. The third kappa shape index (κ3) is 4.30. The second-order valence-electron chi connectivity index (χ2n) is 6.30. The van der Waals surface area contributed by atoms with Crippen LogP contribution in [0, 0.1) is 0 Å². The average molecular weight is 386 g/mol. The number of carboxylic acids is 1. The van der Waals surface area contributed by atoms with Crippen LogP contribution >= 0.6 is 0 Å². The Labute approximate surface area is 162 Å². The number of unbranched alkanes of at least 4 members (excludes halogenated alkanes) is 1. The van der Waals surface area contributed by atoms with Gasteiger partial charge in [-0.05, 0) is 24.6 Å². The van der Waals surface area contributed by atoms with Crippen molar-refractivity contribution in [2.24, 2.45) is 0 Å². The van der Waals surface area contributed by atoms with E-state index in [0.717, 1.165) is 12.8 Å². The van der Waals surface area contributed by atoms with Crippen LogP contribution in [0.4, 0.5) is 11.6 Å². The van der Waals surface area contributed by atoms with E-state index in [-0.39, 0.29) is 42.9 Å². The van der Waals surface area contributed by atoms with E-state index >= 15 is 0 Å². The van der Waals surface area contributed by atoms with Gasteiger partial charge in [-0.1, -0.05) is 19.4 Å². The van der Waals surface area contributed by atoms with Crippen molar-refractivity contribution in [1.82, 2.24) is 9.97 Å². The summed E-state index contributed by atoms with van der Waals surface area (Å²) in [5, 5.41) is 9.03. The van der Waals surface area contributed by atoms with Crippen molar-refractivity contribution in [2.45, 2.75) is 26.2 Å². The summed E-state index contributed by atoms with van der Waals surface area (Å²) in [4.78, 5) is 33.3. The van der Waals surface area contributed by atoms with Crippen LogP contribution in [0.5, 0.6) is 11.8 Å². The highest BCUT2D eigenvalue weighted by Gasteiger charge is 2.32. The van der Waals surface area contributed by atoms with Gasteiger partial charge in [0.15, 0.2) is 0 Å². The molecule has 9 nitrogen and oxygen atoms in total. The normalized spacial score (nSPS) is 12.8. The van der Waals surface area contributed by atoms with E-state index in [4.69, 9.17) is 20.3 Å². The van der Waals surface area contributed by atoms with Gasteiger partial charge in [-0.2, -0.15) is 9.97 Å². The van der Waals surface area contributed by atoms with Gasteiger partial charge >= 0.3 is 12.0 Å². The quantitative estimate of drug-likeness (QED) is 0.626. The van der Waals surface area contributed by atoms with E-state index in [1.54, 1.807) is 12.1 Å². The van der Waals surface area contributed by atoms with Gasteiger partial charge in [0.05, 0.1) is 25.1 Å². The first kappa shape index (κ1) is 19.4. The fourth-order valence-corrected chi connectivity index (χ4v) is 2.80. The number of amides is 1. The molecular weight excluding hydrogens is 364 g/mol. The van der Waals surface area contributed by atoms with Crippen LogP contribution in [0.1, 0.15) is 35.7 Å². The molecule has 2 heterocycles. The molecule has 0 radical (unpaired) electrons. The number of nitrogens with two attached hydrogens (primary N) is 1. The van der Waals surface area contributed by atoms with E-state index in [1.807, 2.05) is 6.92 Å². The number of carbonyl (C=O) groups is 2. The largest absolute Gasteiger partial charge is 0.492 e. The standard InChI is InChI=1S/C19H22N4O5/c1-2-3-8-28-19-21-16(20)14-11-15(24)23(17(14)22-19)7-9-27-13-6-4-5-12(10-13)18(25)26/h4-6,10H,2-3,7-9,11H2,1H3,(H,25,26)(H2,20,21,22). The Kier molecular flexibility index (Phi) is 5.93. The summed E-state index contributed by atoms with van der Waals surface area (Å²) in [6, 6.07) is 6.32. The van der Waals surface area contributed by atoms with E-state index in [2.05, 4.69) is 9.97 Å². The third-order valence-corrected chi connectivity index (χ3v) is 4.28. The van der Waals surface area contributed by atoms with Crippen LogP contribution in [0.15, 0.2) is 24.3 Å². The second-order valence-corrected chi connectivity index (χ2v) is 6.30. The minimum Gasteiger partial charge on any atom is -0.492 e. The fraction of sp³-hybridized carbons (Fsp3) is 0.368. The Bertz CT molecular complexity index is 887. The number of aromatic carboxylic acids is 1. The SMILES string of the molecule is CCCCOc1nc(N)c2c(n1)N(CCOc1cccc(C(=O)O)c1)C(=O)C2. The van der Waals surface area contributed by atoms with Crippen molar-refractivity contribution >= 4 is 23.5 Å². The summed E-state index contributed by atoms with van der Waals surface area (Å²) in [5.74, 6) is -0.0895. The highest BCUT2D eigenvalue weighted by Crippen LogP contribution is 2.31. The minimum atomic E-state index is -1.03. The second kappa shape index (κ2) is 8.55. The van der Waals surface area contributed by atoms with Gasteiger partial charge in [-0.3, -0.25) is 9.69 Å². The molecule has 148 valence electrons. The lowest BCUT2D eigenvalue weighted by molar-refractivity contribution is -0.117. The van der Waals surface area contributed by atoms with Gasteiger partial charge in [0.2, 0.25) is 5.91 Å². The first-order chi connectivity index (χ1) is 13.5. The minimum absolute atomic E-state index is 0.130. The number of nitrogen functional groups attached to an aromatic ring is 1. The monoisotopic (exact) mass is 386 g/mol. The summed E-state index contributed by atoms with van der Waals surface area (Å²) >= 11 is 0. The van der Waals surface area contributed by atoms with E-state index in [0.29, 0.717) is 23.7 Å². The zero-order valence-corrected chi connectivity index (χ0v) is 15.6. The maximum absolute atomic E-state index is 12.4. The van der Waals surface area contributed by atoms with Crippen molar-refractivity contribution in [1.29, 1.82) is 0 Å². The number of hydrogen-bond acceptors (Lipinski definition) is 7. The molecule has 0 saturated carbocycles. The molecule has 1 aliphatic rings. The Morgan fingerprint density at radius 3 is 2.86 bits per heavy atom. The predicted octanol–water partition coefficient (Wildman–Crippen LogP) is 1.90. The summed E-state index contributed by atoms with van der Waals surface area (Å²) in [5.41, 5.74) is 6.69. The van der Waals surface area contributed by atoms with Gasteiger partial charge in [-0.25, -0.2) is 4.79 Å². The lowest BCUT2D eigenvalue weighted by Crippen LogP contribution is -2.31. The highest BCUT2D eigenvalue weighted by atomic mass is 16.5. The lowest BCUT2D eigenvalue weighted by Gasteiger charge is -2.17. The number of hydrogen-bond donors (Lipinski definition) is 2. The molecule has 0 atom stereocenters. The van der Waals surface area contributed by atoms with Crippen LogP contribution in [-0.4, -0.2) is 46.7 Å². The Hall–Kier alpha value is -3.36. The maximum atomic E-state index is 12.4. The van der Waals surface area contributed by atoms with Crippen molar-refractivity contribution in [3.63, 3.8) is 0 Å². The Morgan fingerprint density at radius 1 is 1.29 bits per heavy atom. The molecule has 3 N–H and O–H groups in total. The first-order valence-corrected chi connectivity index (χ1v) is 9.05. The molecule has 9 heteroatoms. The van der Waals surface area contributed by atoms with Crippen molar-refractivity contribution < 1.29 is 24.2 Å². The predicted molar refractivity (Wildman–Crippen MR) is 102 cm³/mol. The number of benzene rings is 1. The molecule has 0 aliphatic carbocycles. The molecule has 28 heavy (non-hydrogen) atoms. The summed E-state index contributed by atoms with van der Waals surface area (Å²) in [7, 11) is 0. The van der Waals surface area contributed by atoms with Crippen LogP contribution in [0.25, 0.3) is 0 Å². The van der Waals surface area contributed by atoms with E-state index in [9.17, 15) is 9.59 Å². The van der Waals surface area contributed by atoms with E-state index in [1.165, 1.54) is 17.0 Å². The molecule has 1 aromatic carbocycles. The zero-order valence-electron chi connectivity index (χ0n) is 15.6. The number of anilines is 2. The number of fused-ring (bicyclic) bond motifs is 1. The first-order valence-electron chi connectivity index (χ1n) is 9.05. The van der Waals surface area contributed by atoms with Crippen LogP contribution < -0.4 is 20.1 Å². The number of nitrogens with zero attached hydrogens (tertiary/aromatic N) is 3. The molecule has 1 aliphatic heterocycles. The maximum Gasteiger partial charge on any atom is 0.335 e. The van der Waals surface area contributed by atoms with Gasteiger partial charge in [0.25, 0.3) is 0 Å². The molecule has 0 unspecified atom stereocenters. The topological polar surface area (TPSA) is 128 Å². The van der Waals surface area contributed by atoms with Crippen LogP contribution in [0.3, 0.4) is 0 Å².